The minimum Gasteiger partial charge on any atom is -0.396 e. The van der Waals surface area contributed by atoms with E-state index in [1.54, 1.807) is 0 Å². The lowest BCUT2D eigenvalue weighted by Gasteiger charge is -2.38. The first-order chi connectivity index (χ1) is 8.81. The predicted molar refractivity (Wildman–Crippen MR) is 72.2 cm³/mol. The highest BCUT2D eigenvalue weighted by Crippen LogP contribution is 2.23. The van der Waals surface area contributed by atoms with Crippen molar-refractivity contribution in [3.63, 3.8) is 0 Å². The Labute approximate surface area is 109 Å². The second-order valence-electron chi connectivity index (χ2n) is 5.10. The molecule has 1 aromatic carbocycles. The third-order valence-corrected chi connectivity index (χ3v) is 3.76. The summed E-state index contributed by atoms with van der Waals surface area (Å²) in [4.78, 5) is 2.36. The summed E-state index contributed by atoms with van der Waals surface area (Å²) in [5, 5.41) is 19.1. The lowest BCUT2D eigenvalue weighted by atomic mass is 9.95. The van der Waals surface area contributed by atoms with Gasteiger partial charge in [0.05, 0.1) is 6.10 Å². The van der Waals surface area contributed by atoms with E-state index < -0.39 is 6.10 Å². The maximum absolute atomic E-state index is 10.1. The van der Waals surface area contributed by atoms with Gasteiger partial charge in [-0.05, 0) is 31.4 Å². The van der Waals surface area contributed by atoms with Crippen molar-refractivity contribution in [2.75, 3.05) is 13.2 Å². The predicted octanol–water partition coefficient (Wildman–Crippen LogP) is 1.78. The summed E-state index contributed by atoms with van der Waals surface area (Å²) in [7, 11) is 0. The van der Waals surface area contributed by atoms with E-state index in [2.05, 4.69) is 29.2 Å². The third-order valence-electron chi connectivity index (χ3n) is 3.76. The van der Waals surface area contributed by atoms with Crippen LogP contribution in [0.15, 0.2) is 30.3 Å². The fourth-order valence-corrected chi connectivity index (χ4v) is 2.79. The summed E-state index contributed by atoms with van der Waals surface area (Å²) < 4.78 is 0. The molecule has 2 atom stereocenters. The van der Waals surface area contributed by atoms with E-state index in [1.165, 1.54) is 18.4 Å². The Bertz CT molecular complexity index is 342. The number of piperidine rings is 1. The number of benzene rings is 1. The van der Waals surface area contributed by atoms with E-state index in [-0.39, 0.29) is 12.6 Å². The Kier molecular flexibility index (Phi) is 5.17. The molecule has 1 heterocycles. The Morgan fingerprint density at radius 2 is 2.00 bits per heavy atom. The van der Waals surface area contributed by atoms with Gasteiger partial charge in [0.25, 0.3) is 0 Å². The molecule has 0 amide bonds. The van der Waals surface area contributed by atoms with Gasteiger partial charge in [-0.3, -0.25) is 4.90 Å². The highest BCUT2D eigenvalue weighted by Gasteiger charge is 2.28. The number of aliphatic hydroxyl groups excluding tert-OH is 2. The number of rotatable bonds is 5. The van der Waals surface area contributed by atoms with Crippen molar-refractivity contribution in [2.45, 2.75) is 44.4 Å². The van der Waals surface area contributed by atoms with Gasteiger partial charge >= 0.3 is 0 Å². The van der Waals surface area contributed by atoms with Crippen molar-refractivity contribution in [1.29, 1.82) is 0 Å². The minimum atomic E-state index is -0.404. The zero-order valence-corrected chi connectivity index (χ0v) is 10.8. The second-order valence-corrected chi connectivity index (χ2v) is 5.10. The SMILES string of the molecule is OCC[C@@H](O)[C@@H]1CCCCN1Cc1ccccc1. The molecule has 0 aliphatic carbocycles. The molecule has 3 heteroatoms. The van der Waals surface area contributed by atoms with Crippen LogP contribution in [0, 0.1) is 0 Å². The van der Waals surface area contributed by atoms with Crippen LogP contribution in [0.1, 0.15) is 31.2 Å². The molecule has 1 fully saturated rings. The molecule has 1 aromatic rings. The number of hydrogen-bond acceptors (Lipinski definition) is 3. The second kappa shape index (κ2) is 6.88. The zero-order valence-electron chi connectivity index (χ0n) is 10.8. The van der Waals surface area contributed by atoms with Gasteiger partial charge in [-0.25, -0.2) is 0 Å². The Morgan fingerprint density at radius 3 is 2.72 bits per heavy atom. The zero-order chi connectivity index (χ0) is 12.8. The topological polar surface area (TPSA) is 43.7 Å². The third kappa shape index (κ3) is 3.55. The molecule has 1 saturated heterocycles. The molecule has 2 rings (SSSR count). The summed E-state index contributed by atoms with van der Waals surface area (Å²) in [5.41, 5.74) is 1.29. The molecule has 0 spiro atoms. The number of hydrogen-bond donors (Lipinski definition) is 2. The highest BCUT2D eigenvalue weighted by molar-refractivity contribution is 5.14. The average molecular weight is 249 g/mol. The van der Waals surface area contributed by atoms with Crippen molar-refractivity contribution in [3.05, 3.63) is 35.9 Å². The van der Waals surface area contributed by atoms with Crippen LogP contribution >= 0.6 is 0 Å². The van der Waals surface area contributed by atoms with Gasteiger partial charge < -0.3 is 10.2 Å². The summed E-state index contributed by atoms with van der Waals surface area (Å²) in [5.74, 6) is 0. The van der Waals surface area contributed by atoms with Crippen LogP contribution in [-0.2, 0) is 6.54 Å². The van der Waals surface area contributed by atoms with Gasteiger partial charge in [0.2, 0.25) is 0 Å². The Balaban J connectivity index is 1.99. The normalized spacial score (nSPS) is 22.9. The first-order valence-corrected chi connectivity index (χ1v) is 6.88. The largest absolute Gasteiger partial charge is 0.396 e. The molecule has 18 heavy (non-hydrogen) atoms. The number of likely N-dealkylation sites (tertiary alicyclic amines) is 1. The van der Waals surface area contributed by atoms with Crippen molar-refractivity contribution in [3.8, 4) is 0 Å². The van der Waals surface area contributed by atoms with E-state index in [1.807, 2.05) is 6.07 Å². The van der Waals surface area contributed by atoms with Crippen LogP contribution in [0.3, 0.4) is 0 Å². The first kappa shape index (κ1) is 13.5. The maximum atomic E-state index is 10.1. The van der Waals surface area contributed by atoms with Gasteiger partial charge in [-0.1, -0.05) is 36.8 Å². The Morgan fingerprint density at radius 1 is 1.22 bits per heavy atom. The number of aliphatic hydroxyl groups is 2. The van der Waals surface area contributed by atoms with Gasteiger partial charge in [0, 0.05) is 19.2 Å². The fourth-order valence-electron chi connectivity index (χ4n) is 2.79. The number of nitrogens with zero attached hydrogens (tertiary/aromatic N) is 1. The van der Waals surface area contributed by atoms with Crippen LogP contribution in [0.5, 0.6) is 0 Å². The van der Waals surface area contributed by atoms with E-state index in [4.69, 9.17) is 5.11 Å². The molecule has 0 radical (unpaired) electrons. The highest BCUT2D eigenvalue weighted by atomic mass is 16.3. The van der Waals surface area contributed by atoms with Crippen molar-refractivity contribution >= 4 is 0 Å². The molecular formula is C15H23NO2. The standard InChI is InChI=1S/C15H23NO2/c17-11-9-15(18)14-8-4-5-10-16(14)12-13-6-2-1-3-7-13/h1-3,6-7,14-15,17-18H,4-5,8-12H2/t14-,15+/m0/s1. The summed E-state index contributed by atoms with van der Waals surface area (Å²) in [6.45, 7) is 2.01. The minimum absolute atomic E-state index is 0.0663. The van der Waals surface area contributed by atoms with Crippen molar-refractivity contribution < 1.29 is 10.2 Å². The molecule has 3 nitrogen and oxygen atoms in total. The smallest absolute Gasteiger partial charge is 0.0717 e. The van der Waals surface area contributed by atoms with Gasteiger partial charge in [0.1, 0.15) is 0 Å². The lowest BCUT2D eigenvalue weighted by molar-refractivity contribution is 0.00865. The molecule has 2 N–H and O–H groups in total. The van der Waals surface area contributed by atoms with E-state index in [0.717, 1.165) is 19.5 Å². The maximum Gasteiger partial charge on any atom is 0.0717 e. The monoisotopic (exact) mass is 249 g/mol. The summed E-state index contributed by atoms with van der Waals surface area (Å²) in [6, 6.07) is 10.6. The average Bonchev–Trinajstić information content (AvgIpc) is 2.41. The summed E-state index contributed by atoms with van der Waals surface area (Å²) in [6.07, 6.45) is 3.50. The van der Waals surface area contributed by atoms with E-state index in [9.17, 15) is 5.11 Å². The fraction of sp³-hybridized carbons (Fsp3) is 0.600. The molecule has 1 aliphatic heterocycles. The summed E-state index contributed by atoms with van der Waals surface area (Å²) >= 11 is 0. The lowest BCUT2D eigenvalue weighted by Crippen LogP contribution is -2.46. The molecule has 0 aromatic heterocycles. The van der Waals surface area contributed by atoms with Crippen LogP contribution in [-0.4, -0.2) is 40.4 Å². The molecule has 0 saturated carbocycles. The molecule has 0 bridgehead atoms. The molecule has 0 unspecified atom stereocenters. The molecular weight excluding hydrogens is 226 g/mol. The van der Waals surface area contributed by atoms with Crippen LogP contribution in [0.2, 0.25) is 0 Å². The van der Waals surface area contributed by atoms with E-state index >= 15 is 0 Å². The van der Waals surface area contributed by atoms with Gasteiger partial charge in [-0.15, -0.1) is 0 Å². The van der Waals surface area contributed by atoms with Gasteiger partial charge in [0.15, 0.2) is 0 Å². The van der Waals surface area contributed by atoms with Crippen LogP contribution in [0.25, 0.3) is 0 Å². The quantitative estimate of drug-likeness (QED) is 0.836. The van der Waals surface area contributed by atoms with Crippen molar-refractivity contribution in [1.82, 2.24) is 4.90 Å². The van der Waals surface area contributed by atoms with Crippen molar-refractivity contribution in [2.24, 2.45) is 0 Å². The van der Waals surface area contributed by atoms with E-state index in [0.29, 0.717) is 6.42 Å². The first-order valence-electron chi connectivity index (χ1n) is 6.88. The van der Waals surface area contributed by atoms with Gasteiger partial charge in [-0.2, -0.15) is 0 Å². The Hall–Kier alpha value is -0.900. The van der Waals surface area contributed by atoms with Crippen LogP contribution < -0.4 is 0 Å². The molecule has 100 valence electrons. The van der Waals surface area contributed by atoms with Crippen LogP contribution in [0.4, 0.5) is 0 Å². The molecule has 1 aliphatic rings.